The van der Waals surface area contributed by atoms with Gasteiger partial charge in [0.15, 0.2) is 0 Å². The molecular weight excluding hydrogens is 680 g/mol. The maximum atomic E-state index is 9.88. The molecule has 5 N–H and O–H groups in total. The van der Waals surface area contributed by atoms with E-state index < -0.39 is 0 Å². The van der Waals surface area contributed by atoms with Crippen LogP contribution in [0.5, 0.6) is 17.2 Å². The zero-order chi connectivity index (χ0) is 38.4. The number of rotatable bonds is 10. The quantitative estimate of drug-likeness (QED) is 0.0982. The Bertz CT molecular complexity index is 2070. The van der Waals surface area contributed by atoms with E-state index in [0.717, 1.165) is 75.9 Å². The SMILES string of the molecule is COc1c(CO)c(CO)cc2c1CC[C@H](C)c1cc(OCc3ccccc3)ccc1-2.COc1c(CO)c(CO)cc2c1CC[C@H](C)c1ccc(CO)cc1-2. The fourth-order valence-corrected chi connectivity index (χ4v) is 8.12. The first-order chi connectivity index (χ1) is 26.3. The highest BCUT2D eigenvalue weighted by molar-refractivity contribution is 5.78. The Morgan fingerprint density at radius 1 is 0.537 bits per heavy atom. The van der Waals surface area contributed by atoms with E-state index in [4.69, 9.17) is 14.2 Å². The summed E-state index contributed by atoms with van der Waals surface area (Å²) < 4.78 is 17.4. The zero-order valence-corrected chi connectivity index (χ0v) is 31.7. The Morgan fingerprint density at radius 3 is 1.65 bits per heavy atom. The summed E-state index contributed by atoms with van der Waals surface area (Å²) >= 11 is 0. The van der Waals surface area contributed by atoms with Crippen LogP contribution in [0.3, 0.4) is 0 Å². The van der Waals surface area contributed by atoms with E-state index in [1.165, 1.54) is 11.1 Å². The van der Waals surface area contributed by atoms with Gasteiger partial charge in [-0.15, -0.1) is 0 Å². The summed E-state index contributed by atoms with van der Waals surface area (Å²) in [6.45, 7) is 4.37. The predicted octanol–water partition coefficient (Wildman–Crippen LogP) is 7.86. The van der Waals surface area contributed by atoms with Crippen LogP contribution in [-0.2, 0) is 52.5 Å². The van der Waals surface area contributed by atoms with Crippen molar-refractivity contribution in [3.63, 3.8) is 0 Å². The molecule has 2 aliphatic carbocycles. The molecule has 0 saturated carbocycles. The van der Waals surface area contributed by atoms with Gasteiger partial charge in [-0.1, -0.05) is 62.4 Å². The minimum absolute atomic E-state index is 0.00426. The fourth-order valence-electron chi connectivity index (χ4n) is 8.12. The van der Waals surface area contributed by atoms with Gasteiger partial charge in [-0.3, -0.25) is 0 Å². The van der Waals surface area contributed by atoms with Gasteiger partial charge in [0, 0.05) is 22.3 Å². The lowest BCUT2D eigenvalue weighted by Gasteiger charge is -2.20. The smallest absolute Gasteiger partial charge is 0.128 e. The van der Waals surface area contributed by atoms with E-state index >= 15 is 0 Å². The van der Waals surface area contributed by atoms with E-state index in [-0.39, 0.29) is 33.0 Å². The molecule has 284 valence electrons. The topological polar surface area (TPSA) is 129 Å². The molecule has 0 unspecified atom stereocenters. The molecule has 0 radical (unpaired) electrons. The van der Waals surface area contributed by atoms with Gasteiger partial charge in [0.05, 0.1) is 47.3 Å². The van der Waals surface area contributed by atoms with Crippen molar-refractivity contribution >= 4 is 0 Å². The summed E-state index contributed by atoms with van der Waals surface area (Å²) in [7, 11) is 3.24. The highest BCUT2D eigenvalue weighted by Crippen LogP contribution is 2.46. The lowest BCUT2D eigenvalue weighted by atomic mass is 9.89. The van der Waals surface area contributed by atoms with Crippen LogP contribution in [0.15, 0.2) is 78.9 Å². The number of aliphatic hydroxyl groups is 5. The molecule has 0 saturated heterocycles. The number of hydrogen-bond donors (Lipinski definition) is 5. The van der Waals surface area contributed by atoms with Crippen molar-refractivity contribution in [3.8, 4) is 39.5 Å². The molecule has 8 nitrogen and oxygen atoms in total. The van der Waals surface area contributed by atoms with Crippen molar-refractivity contribution in [3.05, 3.63) is 134 Å². The van der Waals surface area contributed by atoms with E-state index in [1.54, 1.807) is 14.2 Å². The van der Waals surface area contributed by atoms with Crippen LogP contribution in [0.2, 0.25) is 0 Å². The number of aliphatic hydroxyl groups excluding tert-OH is 5. The minimum Gasteiger partial charge on any atom is -0.496 e. The second-order valence-corrected chi connectivity index (χ2v) is 14.3. The third kappa shape index (κ3) is 7.76. The third-order valence-corrected chi connectivity index (χ3v) is 11.1. The Hall–Kier alpha value is -4.70. The first-order valence-corrected chi connectivity index (χ1v) is 18.7. The summed E-state index contributed by atoms with van der Waals surface area (Å²) in [5, 5.41) is 48.7. The zero-order valence-electron chi connectivity index (χ0n) is 31.7. The second-order valence-electron chi connectivity index (χ2n) is 14.3. The number of fused-ring (bicyclic) bond motifs is 6. The summed E-state index contributed by atoms with van der Waals surface area (Å²) in [5.74, 6) is 2.97. The number of methoxy groups -OCH3 is 2. The van der Waals surface area contributed by atoms with E-state index in [1.807, 2.05) is 48.5 Å². The van der Waals surface area contributed by atoms with Gasteiger partial charge in [-0.05, 0) is 123 Å². The van der Waals surface area contributed by atoms with Crippen LogP contribution in [0, 0.1) is 0 Å². The van der Waals surface area contributed by atoms with Gasteiger partial charge in [-0.2, -0.15) is 0 Å². The van der Waals surface area contributed by atoms with Gasteiger partial charge in [0.1, 0.15) is 23.9 Å². The van der Waals surface area contributed by atoms with E-state index in [0.29, 0.717) is 52.2 Å². The molecule has 2 aliphatic rings. The van der Waals surface area contributed by atoms with Crippen LogP contribution < -0.4 is 14.2 Å². The molecular formula is C46H52O8. The first-order valence-electron chi connectivity index (χ1n) is 18.7. The third-order valence-electron chi connectivity index (χ3n) is 11.1. The van der Waals surface area contributed by atoms with Crippen molar-refractivity contribution in [2.75, 3.05) is 14.2 Å². The summed E-state index contributed by atoms with van der Waals surface area (Å²) in [5.41, 5.74) is 13.7. The van der Waals surface area contributed by atoms with Crippen LogP contribution >= 0.6 is 0 Å². The first kappa shape index (κ1) is 39.0. The average molecular weight is 733 g/mol. The molecule has 54 heavy (non-hydrogen) atoms. The van der Waals surface area contributed by atoms with Crippen molar-refractivity contribution in [1.82, 2.24) is 0 Å². The maximum Gasteiger partial charge on any atom is 0.128 e. The minimum atomic E-state index is -0.161. The lowest BCUT2D eigenvalue weighted by Crippen LogP contribution is -2.04. The molecule has 0 bridgehead atoms. The van der Waals surface area contributed by atoms with E-state index in [2.05, 4.69) is 44.2 Å². The van der Waals surface area contributed by atoms with Crippen LogP contribution in [-0.4, -0.2) is 39.8 Å². The van der Waals surface area contributed by atoms with Gasteiger partial charge in [0.2, 0.25) is 0 Å². The molecule has 5 aromatic rings. The fraction of sp³-hybridized carbons (Fsp3) is 0.348. The summed E-state index contributed by atoms with van der Waals surface area (Å²) in [6, 6.07) is 26.5. The average Bonchev–Trinajstić information content (AvgIpc) is 3.45. The molecule has 0 amide bonds. The standard InChI is InChI=1S/C26H28O4.C20H24O4/c1-17-8-10-22-24(12-19(14-27)25(15-28)26(22)29-2)21-11-9-20(13-23(17)21)30-16-18-6-4-3-5-7-18;1-12-3-5-16-18(17-7-13(9-21)4-6-15(12)17)8-14(10-22)19(11-23)20(16)24-2/h3-7,9,11-13,17,27-28H,8,10,14-16H2,1-2H3;4,6-8,12,21-23H,3,5,9-11H2,1-2H3/t17-;12-/m00/s1. The highest BCUT2D eigenvalue weighted by atomic mass is 16.5. The van der Waals surface area contributed by atoms with Crippen molar-refractivity contribution in [2.45, 2.75) is 91.0 Å². The Balaban J connectivity index is 0.000000189. The lowest BCUT2D eigenvalue weighted by molar-refractivity contribution is 0.253. The molecule has 0 spiro atoms. The summed E-state index contributed by atoms with van der Waals surface area (Å²) in [4.78, 5) is 0. The maximum absolute atomic E-state index is 9.88. The van der Waals surface area contributed by atoms with Gasteiger partial charge in [0.25, 0.3) is 0 Å². The largest absolute Gasteiger partial charge is 0.496 e. The number of ether oxygens (including phenoxy) is 3. The highest BCUT2D eigenvalue weighted by Gasteiger charge is 2.27. The molecule has 5 aromatic carbocycles. The van der Waals surface area contributed by atoms with Crippen molar-refractivity contribution in [2.24, 2.45) is 0 Å². The normalized spacial score (nSPS) is 15.6. The monoisotopic (exact) mass is 732 g/mol. The Kier molecular flexibility index (Phi) is 12.7. The van der Waals surface area contributed by atoms with Gasteiger partial charge in [-0.25, -0.2) is 0 Å². The molecule has 0 heterocycles. The molecule has 2 atom stereocenters. The van der Waals surface area contributed by atoms with Crippen molar-refractivity contribution in [1.29, 1.82) is 0 Å². The Morgan fingerprint density at radius 2 is 1.11 bits per heavy atom. The van der Waals surface area contributed by atoms with Gasteiger partial charge < -0.3 is 39.7 Å². The van der Waals surface area contributed by atoms with E-state index in [9.17, 15) is 25.5 Å². The molecule has 0 fully saturated rings. The molecule has 0 aromatic heterocycles. The van der Waals surface area contributed by atoms with Crippen molar-refractivity contribution < 1.29 is 39.7 Å². The van der Waals surface area contributed by atoms with Crippen LogP contribution in [0.1, 0.15) is 94.2 Å². The van der Waals surface area contributed by atoms with Gasteiger partial charge >= 0.3 is 0 Å². The summed E-state index contributed by atoms with van der Waals surface area (Å²) in [6.07, 6.45) is 3.66. The molecule has 7 rings (SSSR count). The predicted molar refractivity (Wildman–Crippen MR) is 211 cm³/mol. The van der Waals surface area contributed by atoms with Crippen LogP contribution in [0.4, 0.5) is 0 Å². The molecule has 8 heteroatoms. The number of benzene rings is 5. The second kappa shape index (κ2) is 17.6. The number of hydrogen-bond acceptors (Lipinski definition) is 8. The van der Waals surface area contributed by atoms with Crippen LogP contribution in [0.25, 0.3) is 22.3 Å². The molecule has 0 aliphatic heterocycles. The Labute approximate surface area is 318 Å².